The largest absolute Gasteiger partial charge is 0.493 e. The first kappa shape index (κ1) is 18.7. The molecule has 0 radical (unpaired) electrons. The van der Waals surface area contributed by atoms with Crippen molar-refractivity contribution in [2.45, 2.75) is 25.3 Å². The first-order valence-electron chi connectivity index (χ1n) is 10.5. The van der Waals surface area contributed by atoms with Gasteiger partial charge in [-0.15, -0.1) is 0 Å². The van der Waals surface area contributed by atoms with Crippen molar-refractivity contribution in [2.75, 3.05) is 20.3 Å². The number of rotatable bonds is 5. The van der Waals surface area contributed by atoms with E-state index in [0.29, 0.717) is 19.8 Å². The third-order valence-corrected chi connectivity index (χ3v) is 6.04. The molecule has 0 spiro atoms. The number of hydrogen-bond donors (Lipinski definition) is 0. The number of amides is 1. The molecular formula is C26H25NO3. The Morgan fingerprint density at radius 2 is 1.57 bits per heavy atom. The number of carbonyl (C=O) groups excluding carboxylic acids is 1. The van der Waals surface area contributed by atoms with Crippen LogP contribution in [0.2, 0.25) is 0 Å². The fourth-order valence-electron chi connectivity index (χ4n) is 4.56. The van der Waals surface area contributed by atoms with Gasteiger partial charge < -0.3 is 14.4 Å². The predicted octanol–water partition coefficient (Wildman–Crippen LogP) is 4.35. The Kier molecular flexibility index (Phi) is 4.91. The summed E-state index contributed by atoms with van der Waals surface area (Å²) in [5.41, 5.74) is 5.49. The Morgan fingerprint density at radius 1 is 0.933 bits per heavy atom. The highest BCUT2D eigenvalue weighted by molar-refractivity contribution is 5.87. The number of carbonyl (C=O) groups is 1. The summed E-state index contributed by atoms with van der Waals surface area (Å²) in [6.07, 6.45) is 1.76. The Balaban J connectivity index is 1.49. The quantitative estimate of drug-likeness (QED) is 0.640. The van der Waals surface area contributed by atoms with Gasteiger partial charge >= 0.3 is 0 Å². The molecule has 0 N–H and O–H groups in total. The van der Waals surface area contributed by atoms with Crippen molar-refractivity contribution >= 4 is 5.91 Å². The summed E-state index contributed by atoms with van der Waals surface area (Å²) in [6.45, 7) is 1.91. The minimum atomic E-state index is -0.334. The van der Waals surface area contributed by atoms with Crippen molar-refractivity contribution < 1.29 is 14.3 Å². The second-order valence-electron chi connectivity index (χ2n) is 7.97. The van der Waals surface area contributed by atoms with E-state index in [-0.39, 0.29) is 11.8 Å². The zero-order valence-corrected chi connectivity index (χ0v) is 17.1. The van der Waals surface area contributed by atoms with E-state index < -0.39 is 0 Å². The van der Waals surface area contributed by atoms with Gasteiger partial charge in [-0.1, -0.05) is 60.7 Å². The van der Waals surface area contributed by atoms with Crippen LogP contribution in [0.25, 0.3) is 0 Å². The summed E-state index contributed by atoms with van der Waals surface area (Å²) in [7, 11) is 1.89. The highest BCUT2D eigenvalue weighted by atomic mass is 16.5. The second-order valence-corrected chi connectivity index (χ2v) is 7.97. The van der Waals surface area contributed by atoms with Crippen LogP contribution >= 0.6 is 0 Å². The molecule has 0 saturated carbocycles. The van der Waals surface area contributed by atoms with E-state index >= 15 is 0 Å². The maximum Gasteiger partial charge on any atom is 0.234 e. The molecule has 0 atom stereocenters. The molecule has 30 heavy (non-hydrogen) atoms. The number of likely N-dealkylation sites (N-methyl/N-ethyl adjacent to an activating group) is 1. The van der Waals surface area contributed by atoms with Crippen molar-refractivity contribution in [3.05, 3.63) is 94.5 Å². The maximum atomic E-state index is 13.7. The molecule has 4 heteroatoms. The molecular weight excluding hydrogens is 374 g/mol. The third kappa shape index (κ3) is 3.32. The molecule has 3 aromatic rings. The van der Waals surface area contributed by atoms with Crippen LogP contribution in [0.4, 0.5) is 0 Å². The first-order chi connectivity index (χ1) is 14.7. The molecule has 0 bridgehead atoms. The second kappa shape index (κ2) is 7.86. The first-order valence-corrected chi connectivity index (χ1v) is 10.5. The average Bonchev–Trinajstić information content (AvgIpc) is 3.44. The molecule has 3 aromatic carbocycles. The normalized spacial score (nSPS) is 14.1. The molecule has 0 aliphatic carbocycles. The number of benzene rings is 3. The van der Waals surface area contributed by atoms with E-state index in [1.165, 1.54) is 11.1 Å². The van der Waals surface area contributed by atoms with Crippen LogP contribution in [0.1, 0.15) is 33.7 Å². The van der Waals surface area contributed by atoms with Crippen LogP contribution in [0.3, 0.4) is 0 Å². The van der Waals surface area contributed by atoms with E-state index in [2.05, 4.69) is 6.07 Å². The zero-order valence-electron chi connectivity index (χ0n) is 17.1. The van der Waals surface area contributed by atoms with Gasteiger partial charge in [0.05, 0.1) is 19.1 Å². The van der Waals surface area contributed by atoms with E-state index in [9.17, 15) is 4.79 Å². The summed E-state index contributed by atoms with van der Waals surface area (Å²) in [5.74, 6) is 1.66. The molecule has 0 unspecified atom stereocenters. The lowest BCUT2D eigenvalue weighted by molar-refractivity contribution is -0.131. The number of nitrogens with zero attached hydrogens (tertiary/aromatic N) is 1. The van der Waals surface area contributed by atoms with Gasteiger partial charge in [-0.3, -0.25) is 4.79 Å². The Hall–Kier alpha value is -3.27. The summed E-state index contributed by atoms with van der Waals surface area (Å²) in [4.78, 5) is 15.5. The van der Waals surface area contributed by atoms with Crippen LogP contribution < -0.4 is 9.47 Å². The standard InChI is InChI=1S/C26H25NO3/c1-27(17-22-21-13-15-29-23(21)16-20-12-14-30-25(20)22)26(28)24(18-8-4-2-5-9-18)19-10-6-3-7-11-19/h2-11,16,24H,12-15,17H2,1H3. The van der Waals surface area contributed by atoms with Crippen LogP contribution in [0.5, 0.6) is 11.5 Å². The minimum Gasteiger partial charge on any atom is -0.493 e. The highest BCUT2D eigenvalue weighted by Crippen LogP contribution is 2.41. The smallest absolute Gasteiger partial charge is 0.234 e. The number of fused-ring (bicyclic) bond motifs is 2. The van der Waals surface area contributed by atoms with Crippen molar-refractivity contribution in [1.82, 2.24) is 4.90 Å². The van der Waals surface area contributed by atoms with Gasteiger partial charge in [0.15, 0.2) is 0 Å². The van der Waals surface area contributed by atoms with Gasteiger partial charge in [0.25, 0.3) is 0 Å². The van der Waals surface area contributed by atoms with Crippen LogP contribution in [0, 0.1) is 0 Å². The molecule has 1 amide bonds. The SMILES string of the molecule is CN(Cc1c2c(cc3c1OCC3)OCC2)C(=O)C(c1ccccc1)c1ccccc1. The van der Waals surface area contributed by atoms with Gasteiger partial charge in [-0.05, 0) is 17.2 Å². The molecule has 0 fully saturated rings. The van der Waals surface area contributed by atoms with Gasteiger partial charge in [0.2, 0.25) is 5.91 Å². The van der Waals surface area contributed by atoms with Crippen molar-refractivity contribution in [3.63, 3.8) is 0 Å². The van der Waals surface area contributed by atoms with Gasteiger partial charge in [-0.2, -0.15) is 0 Å². The molecule has 152 valence electrons. The van der Waals surface area contributed by atoms with E-state index in [4.69, 9.17) is 9.47 Å². The highest BCUT2D eigenvalue weighted by Gasteiger charge is 2.30. The van der Waals surface area contributed by atoms with Gasteiger partial charge in [0, 0.05) is 43.1 Å². The van der Waals surface area contributed by atoms with Gasteiger partial charge in [0.1, 0.15) is 11.5 Å². The zero-order chi connectivity index (χ0) is 20.5. The third-order valence-electron chi connectivity index (χ3n) is 6.04. The topological polar surface area (TPSA) is 38.8 Å². The molecule has 2 aliphatic heterocycles. The van der Waals surface area contributed by atoms with E-state index in [1.807, 2.05) is 72.6 Å². The van der Waals surface area contributed by atoms with Gasteiger partial charge in [-0.25, -0.2) is 0 Å². The Morgan fingerprint density at radius 3 is 2.23 bits per heavy atom. The lowest BCUT2D eigenvalue weighted by Gasteiger charge is -2.26. The van der Waals surface area contributed by atoms with Crippen LogP contribution in [0.15, 0.2) is 66.7 Å². The van der Waals surface area contributed by atoms with Crippen molar-refractivity contribution in [2.24, 2.45) is 0 Å². The lowest BCUT2D eigenvalue weighted by atomic mass is 9.90. The van der Waals surface area contributed by atoms with Crippen molar-refractivity contribution in [3.8, 4) is 11.5 Å². The summed E-state index contributed by atoms with van der Waals surface area (Å²) in [6, 6.07) is 22.1. The molecule has 2 heterocycles. The summed E-state index contributed by atoms with van der Waals surface area (Å²) < 4.78 is 11.8. The molecule has 0 saturated heterocycles. The van der Waals surface area contributed by atoms with E-state index in [0.717, 1.165) is 41.0 Å². The van der Waals surface area contributed by atoms with Crippen molar-refractivity contribution in [1.29, 1.82) is 0 Å². The Labute approximate surface area is 177 Å². The lowest BCUT2D eigenvalue weighted by Crippen LogP contribution is -2.32. The molecule has 0 aromatic heterocycles. The molecule has 2 aliphatic rings. The van der Waals surface area contributed by atoms with Crippen LogP contribution in [-0.2, 0) is 24.2 Å². The monoisotopic (exact) mass is 399 g/mol. The molecule has 5 rings (SSSR count). The predicted molar refractivity (Wildman–Crippen MR) is 116 cm³/mol. The summed E-state index contributed by atoms with van der Waals surface area (Å²) >= 11 is 0. The summed E-state index contributed by atoms with van der Waals surface area (Å²) in [5, 5.41) is 0. The fourth-order valence-corrected chi connectivity index (χ4v) is 4.56. The minimum absolute atomic E-state index is 0.0793. The van der Waals surface area contributed by atoms with E-state index in [1.54, 1.807) is 0 Å². The maximum absolute atomic E-state index is 13.7. The number of ether oxygens (including phenoxy) is 2. The Bertz CT molecular complexity index is 991. The van der Waals surface area contributed by atoms with Crippen LogP contribution in [-0.4, -0.2) is 31.1 Å². The average molecular weight is 399 g/mol. The number of hydrogen-bond acceptors (Lipinski definition) is 3. The fraction of sp³-hybridized carbons (Fsp3) is 0.269. The molecule has 4 nitrogen and oxygen atoms in total.